The Hall–Kier alpha value is -3.84. The number of azo groups is 1. The third-order valence-electron chi connectivity index (χ3n) is 3.38. The Bertz CT molecular complexity index is 1120. The van der Waals surface area contributed by atoms with E-state index in [1.54, 1.807) is 30.3 Å². The smallest absolute Gasteiger partial charge is 0.314 e. The number of rotatable bonds is 6. The van der Waals surface area contributed by atoms with E-state index in [0.29, 0.717) is 17.8 Å². The van der Waals surface area contributed by atoms with Crippen molar-refractivity contribution in [1.29, 1.82) is 0 Å². The van der Waals surface area contributed by atoms with E-state index in [1.807, 2.05) is 0 Å². The van der Waals surface area contributed by atoms with E-state index >= 15 is 0 Å². The fraction of sp³-hybridized carbons (Fsp3) is 0.0625. The second kappa shape index (κ2) is 8.45. The zero-order valence-corrected chi connectivity index (χ0v) is 15.5. The molecule has 152 valence electrons. The molecule has 0 fully saturated rings. The van der Waals surface area contributed by atoms with Crippen LogP contribution in [0.2, 0.25) is 0 Å². The number of nitrogens with zero attached hydrogens (tertiary/aromatic N) is 3. The first kappa shape index (κ1) is 21.5. The molecule has 0 aliphatic carbocycles. The summed E-state index contributed by atoms with van der Waals surface area (Å²) < 4.78 is 31.7. The second-order valence-electron chi connectivity index (χ2n) is 5.50. The molecular weight excluding hydrogens is 408 g/mol. The topological polar surface area (TPSA) is 192 Å². The van der Waals surface area contributed by atoms with E-state index in [0.717, 1.165) is 6.92 Å². The van der Waals surface area contributed by atoms with Gasteiger partial charge >= 0.3 is 5.69 Å². The minimum absolute atomic E-state index is 0.373. The molecular formula is C16H14N4O8S. The third kappa shape index (κ3) is 5.33. The summed E-state index contributed by atoms with van der Waals surface area (Å²) in [5.74, 6) is -2.51. The van der Waals surface area contributed by atoms with Crippen LogP contribution < -0.4 is 5.32 Å². The van der Waals surface area contributed by atoms with Gasteiger partial charge in [-0.2, -0.15) is 8.42 Å². The first-order chi connectivity index (χ1) is 13.5. The lowest BCUT2D eigenvalue weighted by atomic mass is 10.2. The van der Waals surface area contributed by atoms with Crippen LogP contribution in [0.4, 0.5) is 17.1 Å². The number of amides is 1. The van der Waals surface area contributed by atoms with Gasteiger partial charge in [0.1, 0.15) is 16.3 Å². The van der Waals surface area contributed by atoms with Gasteiger partial charge in [0.25, 0.3) is 16.0 Å². The van der Waals surface area contributed by atoms with Gasteiger partial charge in [-0.3, -0.25) is 19.5 Å². The fourth-order valence-electron chi connectivity index (χ4n) is 2.04. The summed E-state index contributed by atoms with van der Waals surface area (Å²) in [4.78, 5) is 21.2. The van der Waals surface area contributed by atoms with E-state index < -0.39 is 54.4 Å². The van der Waals surface area contributed by atoms with Gasteiger partial charge in [0.05, 0.1) is 4.92 Å². The summed E-state index contributed by atoms with van der Waals surface area (Å²) in [6, 6.07) is 9.16. The molecule has 0 unspecified atom stereocenters. The van der Waals surface area contributed by atoms with E-state index in [4.69, 9.17) is 4.55 Å². The summed E-state index contributed by atoms with van der Waals surface area (Å²) in [6.07, 6.45) is 0. The molecule has 2 aromatic carbocycles. The zero-order valence-electron chi connectivity index (χ0n) is 14.7. The summed E-state index contributed by atoms with van der Waals surface area (Å²) in [5.41, 5.74) is -2.02. The van der Waals surface area contributed by atoms with E-state index in [-0.39, 0.29) is 0 Å². The Morgan fingerprint density at radius 1 is 1.21 bits per heavy atom. The molecule has 1 amide bonds. The van der Waals surface area contributed by atoms with Crippen LogP contribution >= 0.6 is 0 Å². The van der Waals surface area contributed by atoms with Crippen LogP contribution in [0.15, 0.2) is 69.0 Å². The molecule has 29 heavy (non-hydrogen) atoms. The normalized spacial score (nSPS) is 12.5. The second-order valence-corrected chi connectivity index (χ2v) is 6.92. The summed E-state index contributed by atoms with van der Waals surface area (Å²) in [5, 5.41) is 39.9. The highest BCUT2D eigenvalue weighted by molar-refractivity contribution is 7.85. The minimum Gasteiger partial charge on any atom is -0.510 e. The predicted molar refractivity (Wildman–Crippen MR) is 99.5 cm³/mol. The molecule has 0 saturated heterocycles. The van der Waals surface area contributed by atoms with Crippen LogP contribution in [-0.2, 0) is 14.9 Å². The molecule has 2 aromatic rings. The SMILES string of the molecule is C/C(O)=C(/N=Nc1cc(S(=O)(=O)O)cc([N+](=O)[O-])c1O)C(=O)Nc1ccccc1. The summed E-state index contributed by atoms with van der Waals surface area (Å²) >= 11 is 0. The lowest BCUT2D eigenvalue weighted by Crippen LogP contribution is -2.14. The number of nitrogens with one attached hydrogen (secondary N) is 1. The number of aromatic hydroxyl groups is 1. The van der Waals surface area contributed by atoms with Crippen molar-refractivity contribution < 1.29 is 32.9 Å². The molecule has 0 aliphatic rings. The van der Waals surface area contributed by atoms with E-state index in [2.05, 4.69) is 15.5 Å². The summed E-state index contributed by atoms with van der Waals surface area (Å²) in [7, 11) is -4.87. The van der Waals surface area contributed by atoms with Gasteiger partial charge in [-0.15, -0.1) is 10.2 Å². The molecule has 0 saturated carbocycles. The maximum atomic E-state index is 12.3. The first-order valence-electron chi connectivity index (χ1n) is 7.67. The van der Waals surface area contributed by atoms with Crippen molar-refractivity contribution in [3.63, 3.8) is 0 Å². The number of anilines is 1. The molecule has 12 nitrogen and oxygen atoms in total. The number of para-hydroxylation sites is 1. The number of nitro groups is 1. The molecule has 4 N–H and O–H groups in total. The third-order valence-corrected chi connectivity index (χ3v) is 4.22. The van der Waals surface area contributed by atoms with Crippen LogP contribution in [0.25, 0.3) is 0 Å². The molecule has 13 heteroatoms. The lowest BCUT2D eigenvalue weighted by Gasteiger charge is -2.06. The Kier molecular flexibility index (Phi) is 6.25. The Morgan fingerprint density at radius 2 is 1.83 bits per heavy atom. The number of nitro benzene ring substituents is 1. The number of phenolic OH excluding ortho intramolecular Hbond substituents is 1. The largest absolute Gasteiger partial charge is 0.510 e. The van der Waals surface area contributed by atoms with Crippen LogP contribution in [0.5, 0.6) is 5.75 Å². The molecule has 2 rings (SSSR count). The number of benzene rings is 2. The standard InChI is InChI=1S/C16H14N4O8S/c1-9(21)14(16(23)17-10-5-3-2-4-6-10)19-18-12-7-11(29(26,27)28)8-13(15(12)22)20(24)25/h2-8,21-22H,1H3,(H,17,23)(H,26,27,28)/b14-9-,19-18?. The highest BCUT2D eigenvalue weighted by Crippen LogP contribution is 2.39. The minimum atomic E-state index is -4.87. The average Bonchev–Trinajstić information content (AvgIpc) is 2.62. The van der Waals surface area contributed by atoms with Crippen LogP contribution in [0.3, 0.4) is 0 Å². The van der Waals surface area contributed by atoms with Crippen molar-refractivity contribution in [2.45, 2.75) is 11.8 Å². The number of hydrogen-bond donors (Lipinski definition) is 4. The molecule has 0 spiro atoms. The quantitative estimate of drug-likeness (QED) is 0.136. The summed E-state index contributed by atoms with van der Waals surface area (Å²) in [6.45, 7) is 1.12. The number of hydrogen-bond acceptors (Lipinski definition) is 9. The van der Waals surface area contributed by atoms with Gasteiger partial charge in [-0.1, -0.05) is 18.2 Å². The van der Waals surface area contributed by atoms with Gasteiger partial charge in [0, 0.05) is 11.8 Å². The molecule has 0 aliphatic heterocycles. The number of aliphatic hydroxyl groups is 1. The van der Waals surface area contributed by atoms with Crippen molar-refractivity contribution in [3.05, 3.63) is 64.0 Å². The van der Waals surface area contributed by atoms with Gasteiger partial charge in [0.2, 0.25) is 5.75 Å². The Balaban J connectivity index is 2.46. The number of carbonyl (C=O) groups excluding carboxylic acids is 1. The molecule has 0 radical (unpaired) electrons. The van der Waals surface area contributed by atoms with Gasteiger partial charge in [-0.05, 0) is 25.1 Å². The van der Waals surface area contributed by atoms with Crippen LogP contribution in [-0.4, -0.2) is 34.0 Å². The maximum Gasteiger partial charge on any atom is 0.314 e. The van der Waals surface area contributed by atoms with E-state index in [9.17, 15) is 33.5 Å². The van der Waals surface area contributed by atoms with Gasteiger partial charge in [0.15, 0.2) is 5.70 Å². The molecule has 0 atom stereocenters. The monoisotopic (exact) mass is 422 g/mol. The number of allylic oxidation sites excluding steroid dienone is 1. The molecule has 0 heterocycles. The maximum absolute atomic E-state index is 12.3. The zero-order chi connectivity index (χ0) is 21.8. The molecule has 0 aromatic heterocycles. The average molecular weight is 422 g/mol. The number of carbonyl (C=O) groups is 1. The van der Waals surface area contributed by atoms with Crippen molar-refractivity contribution in [1.82, 2.24) is 0 Å². The van der Waals surface area contributed by atoms with Crippen molar-refractivity contribution >= 4 is 33.1 Å². The van der Waals surface area contributed by atoms with Crippen molar-refractivity contribution in [2.24, 2.45) is 10.2 Å². The highest BCUT2D eigenvalue weighted by atomic mass is 32.2. The van der Waals surface area contributed by atoms with Gasteiger partial charge < -0.3 is 15.5 Å². The lowest BCUT2D eigenvalue weighted by molar-refractivity contribution is -0.386. The van der Waals surface area contributed by atoms with Crippen molar-refractivity contribution in [2.75, 3.05) is 5.32 Å². The Morgan fingerprint density at radius 3 is 2.34 bits per heavy atom. The first-order valence-corrected chi connectivity index (χ1v) is 9.11. The van der Waals surface area contributed by atoms with Gasteiger partial charge in [-0.25, -0.2) is 0 Å². The highest BCUT2D eigenvalue weighted by Gasteiger charge is 2.24. The fourth-order valence-corrected chi connectivity index (χ4v) is 2.56. The Labute approximate surface area is 163 Å². The molecule has 0 bridgehead atoms. The van der Waals surface area contributed by atoms with Crippen LogP contribution in [0.1, 0.15) is 6.92 Å². The number of phenols is 1. The predicted octanol–water partition coefficient (Wildman–Crippen LogP) is 3.06. The van der Waals surface area contributed by atoms with Crippen LogP contribution in [0, 0.1) is 10.1 Å². The number of aliphatic hydroxyl groups excluding tert-OH is 1. The van der Waals surface area contributed by atoms with Crippen molar-refractivity contribution in [3.8, 4) is 5.75 Å². The van der Waals surface area contributed by atoms with E-state index in [1.165, 1.54) is 0 Å².